The number of carbonyl (C=O) groups excluding carboxylic acids is 2. The summed E-state index contributed by atoms with van der Waals surface area (Å²) in [6.07, 6.45) is 1.17. The minimum absolute atomic E-state index is 0.110. The minimum atomic E-state index is -1.08. The van der Waals surface area contributed by atoms with Crippen LogP contribution in [0, 0.1) is 17.5 Å². The molecule has 0 radical (unpaired) electrons. The standard InChI is InChI=1S/C23H20ClF3N2O3/c24-14-1-2-18(27)17(11-14)21(30)28-7-5-23(6-8-28)22(31)29-19(3-4-20(29)32-23)13-9-15(25)12-16(26)10-13/h1-2,9-12,19-20H,3-8H2/t19-,20+/m0/s1. The molecule has 5 rings (SSSR count). The third-order valence-corrected chi connectivity index (χ3v) is 6.84. The molecule has 1 spiro atoms. The van der Waals surface area contributed by atoms with Crippen molar-refractivity contribution in [3.8, 4) is 0 Å². The molecule has 0 bridgehead atoms. The number of hydrogen-bond donors (Lipinski definition) is 0. The molecule has 2 amide bonds. The molecule has 2 atom stereocenters. The number of hydrogen-bond acceptors (Lipinski definition) is 3. The number of ether oxygens (including phenoxy) is 1. The van der Waals surface area contributed by atoms with Crippen molar-refractivity contribution in [1.29, 1.82) is 0 Å². The first-order chi connectivity index (χ1) is 15.3. The van der Waals surface area contributed by atoms with E-state index in [9.17, 15) is 22.8 Å². The maximum atomic E-state index is 14.1. The first-order valence-electron chi connectivity index (χ1n) is 10.5. The van der Waals surface area contributed by atoms with E-state index in [1.807, 2.05) is 0 Å². The molecule has 3 aliphatic rings. The summed E-state index contributed by atoms with van der Waals surface area (Å²) >= 11 is 5.90. The van der Waals surface area contributed by atoms with Gasteiger partial charge in [0.15, 0.2) is 5.60 Å². The van der Waals surface area contributed by atoms with Crippen LogP contribution in [-0.2, 0) is 9.53 Å². The van der Waals surface area contributed by atoms with Gasteiger partial charge in [-0.1, -0.05) is 11.6 Å². The molecule has 9 heteroatoms. The van der Waals surface area contributed by atoms with E-state index in [1.165, 1.54) is 29.2 Å². The number of likely N-dealkylation sites (tertiary alicyclic amines) is 1. The molecule has 0 N–H and O–H groups in total. The highest BCUT2D eigenvalue weighted by Gasteiger charge is 2.58. The summed E-state index contributed by atoms with van der Waals surface area (Å²) in [5.41, 5.74) is -0.789. The zero-order valence-corrected chi connectivity index (χ0v) is 17.7. The highest BCUT2D eigenvalue weighted by atomic mass is 35.5. The van der Waals surface area contributed by atoms with E-state index in [2.05, 4.69) is 0 Å². The van der Waals surface area contributed by atoms with Gasteiger partial charge in [-0.05, 0) is 48.7 Å². The van der Waals surface area contributed by atoms with Gasteiger partial charge in [0.2, 0.25) is 0 Å². The molecule has 168 valence electrons. The summed E-state index contributed by atoms with van der Waals surface area (Å²) in [5, 5.41) is 0.262. The lowest BCUT2D eigenvalue weighted by Gasteiger charge is -2.37. The van der Waals surface area contributed by atoms with E-state index >= 15 is 0 Å². The van der Waals surface area contributed by atoms with Crippen molar-refractivity contribution < 1.29 is 27.5 Å². The number of piperidine rings is 1. The van der Waals surface area contributed by atoms with Crippen molar-refractivity contribution in [2.45, 2.75) is 43.6 Å². The van der Waals surface area contributed by atoms with Crippen molar-refractivity contribution in [2.24, 2.45) is 0 Å². The number of benzene rings is 2. The Morgan fingerprint density at radius 2 is 1.72 bits per heavy atom. The fourth-order valence-electron chi connectivity index (χ4n) is 5.04. The molecular formula is C23H20ClF3N2O3. The quantitative estimate of drug-likeness (QED) is 0.659. The molecule has 2 aromatic carbocycles. The average Bonchev–Trinajstić information content (AvgIpc) is 3.27. The second-order valence-corrected chi connectivity index (χ2v) is 8.93. The van der Waals surface area contributed by atoms with Gasteiger partial charge in [-0.15, -0.1) is 0 Å². The normalized spacial score (nSPS) is 24.3. The molecule has 0 aromatic heterocycles. The van der Waals surface area contributed by atoms with E-state index in [0.29, 0.717) is 18.4 Å². The number of fused-ring (bicyclic) bond motifs is 1. The van der Waals surface area contributed by atoms with Crippen LogP contribution in [0.15, 0.2) is 36.4 Å². The summed E-state index contributed by atoms with van der Waals surface area (Å²) in [5.74, 6) is -2.75. The van der Waals surface area contributed by atoms with E-state index < -0.39 is 41.2 Å². The van der Waals surface area contributed by atoms with Crippen molar-refractivity contribution in [2.75, 3.05) is 13.1 Å². The van der Waals surface area contributed by atoms with Crippen LogP contribution in [0.3, 0.4) is 0 Å². The number of carbonyl (C=O) groups is 2. The highest BCUT2D eigenvalue weighted by molar-refractivity contribution is 6.31. The molecule has 0 unspecified atom stereocenters. The lowest BCUT2D eigenvalue weighted by molar-refractivity contribution is -0.142. The van der Waals surface area contributed by atoms with Gasteiger partial charge in [-0.2, -0.15) is 0 Å². The third-order valence-electron chi connectivity index (χ3n) is 6.61. The van der Waals surface area contributed by atoms with Gasteiger partial charge < -0.3 is 14.5 Å². The Hall–Kier alpha value is -2.58. The predicted molar refractivity (Wildman–Crippen MR) is 109 cm³/mol. The van der Waals surface area contributed by atoms with Crippen molar-refractivity contribution >= 4 is 23.4 Å². The molecule has 3 saturated heterocycles. The van der Waals surface area contributed by atoms with Gasteiger partial charge in [-0.3, -0.25) is 9.59 Å². The summed E-state index contributed by atoms with van der Waals surface area (Å²) in [6.45, 7) is 0.437. The van der Waals surface area contributed by atoms with Crippen LogP contribution in [0.4, 0.5) is 13.2 Å². The van der Waals surface area contributed by atoms with Crippen LogP contribution in [0.2, 0.25) is 5.02 Å². The molecule has 5 nitrogen and oxygen atoms in total. The zero-order valence-electron chi connectivity index (χ0n) is 17.0. The number of nitrogens with zero attached hydrogens (tertiary/aromatic N) is 2. The predicted octanol–water partition coefficient (Wildman–Crippen LogP) is 4.45. The van der Waals surface area contributed by atoms with Gasteiger partial charge in [0.25, 0.3) is 11.8 Å². The molecule has 3 aliphatic heterocycles. The maximum Gasteiger partial charge on any atom is 0.257 e. The lowest BCUT2D eigenvalue weighted by atomic mass is 9.89. The second kappa shape index (κ2) is 7.78. The second-order valence-electron chi connectivity index (χ2n) is 8.49. The van der Waals surface area contributed by atoms with Crippen LogP contribution in [0.5, 0.6) is 0 Å². The maximum absolute atomic E-state index is 14.1. The van der Waals surface area contributed by atoms with Gasteiger partial charge >= 0.3 is 0 Å². The van der Waals surface area contributed by atoms with E-state index in [1.54, 1.807) is 4.90 Å². The van der Waals surface area contributed by atoms with Crippen LogP contribution in [0.25, 0.3) is 0 Å². The van der Waals surface area contributed by atoms with Gasteiger partial charge in [0, 0.05) is 37.0 Å². The molecule has 32 heavy (non-hydrogen) atoms. The summed E-state index contributed by atoms with van der Waals surface area (Å²) in [4.78, 5) is 29.2. The van der Waals surface area contributed by atoms with Gasteiger partial charge in [0.05, 0.1) is 11.6 Å². The third kappa shape index (κ3) is 3.46. The summed E-state index contributed by atoms with van der Waals surface area (Å²) in [6, 6.07) is 6.64. The van der Waals surface area contributed by atoms with Crippen LogP contribution in [0.1, 0.15) is 47.6 Å². The lowest BCUT2D eigenvalue weighted by Crippen LogP contribution is -2.51. The Kier molecular flexibility index (Phi) is 5.17. The van der Waals surface area contributed by atoms with Gasteiger partial charge in [0.1, 0.15) is 23.7 Å². The molecule has 3 heterocycles. The van der Waals surface area contributed by atoms with Crippen LogP contribution < -0.4 is 0 Å². The summed E-state index contributed by atoms with van der Waals surface area (Å²) < 4.78 is 47.7. The topological polar surface area (TPSA) is 49.9 Å². The largest absolute Gasteiger partial charge is 0.342 e. The zero-order chi connectivity index (χ0) is 22.6. The first-order valence-corrected chi connectivity index (χ1v) is 10.9. The molecule has 3 fully saturated rings. The summed E-state index contributed by atoms with van der Waals surface area (Å²) in [7, 11) is 0. The average molecular weight is 465 g/mol. The smallest absolute Gasteiger partial charge is 0.257 e. The Morgan fingerprint density at radius 3 is 2.41 bits per heavy atom. The van der Waals surface area contributed by atoms with Crippen molar-refractivity contribution in [3.05, 3.63) is 70.0 Å². The van der Waals surface area contributed by atoms with Crippen molar-refractivity contribution in [1.82, 2.24) is 9.80 Å². The minimum Gasteiger partial charge on any atom is -0.342 e. The van der Waals surface area contributed by atoms with E-state index in [0.717, 1.165) is 12.1 Å². The Bertz CT molecular complexity index is 1080. The molecule has 2 aromatic rings. The highest BCUT2D eigenvalue weighted by Crippen LogP contribution is 2.47. The number of amides is 2. The molecular weight excluding hydrogens is 445 g/mol. The Labute approximate surface area is 187 Å². The molecule has 0 aliphatic carbocycles. The van der Waals surface area contributed by atoms with Crippen LogP contribution >= 0.6 is 11.6 Å². The monoisotopic (exact) mass is 464 g/mol. The molecule has 0 saturated carbocycles. The Balaban J connectivity index is 1.32. The number of rotatable bonds is 2. The number of halogens is 4. The fourth-order valence-corrected chi connectivity index (χ4v) is 5.21. The van der Waals surface area contributed by atoms with E-state index in [-0.39, 0.29) is 42.4 Å². The van der Waals surface area contributed by atoms with Crippen LogP contribution in [-0.4, -0.2) is 46.5 Å². The van der Waals surface area contributed by atoms with E-state index in [4.69, 9.17) is 16.3 Å². The SMILES string of the molecule is O=C(c1cc(Cl)ccc1F)N1CCC2(CC1)O[C@@H]1CC[C@@H](c3cc(F)cc(F)c3)N1C2=O. The Morgan fingerprint density at radius 1 is 1.03 bits per heavy atom. The first kappa shape index (κ1) is 21.3. The fraction of sp³-hybridized carbons (Fsp3) is 0.391. The van der Waals surface area contributed by atoms with Crippen molar-refractivity contribution in [3.63, 3.8) is 0 Å². The van der Waals surface area contributed by atoms with Gasteiger partial charge in [-0.25, -0.2) is 13.2 Å².